The topological polar surface area (TPSA) is 66.6 Å². The summed E-state index contributed by atoms with van der Waals surface area (Å²) in [6.45, 7) is 6.90. The molecule has 1 unspecified atom stereocenters. The maximum atomic E-state index is 12.7. The maximum absolute atomic E-state index is 12.7. The standard InChI is InChI=1S/C12H27N3O2S/c1-5-12(2,3)14(4)18(16,17)15-9-7-6-8-11(15)10-13/h11H,5-10,13H2,1-4H3. The summed E-state index contributed by atoms with van der Waals surface area (Å²) in [6, 6.07) is -0.0427. The van der Waals surface area contributed by atoms with Crippen LogP contribution in [0.3, 0.4) is 0 Å². The molecule has 0 aliphatic carbocycles. The second-order valence-electron chi connectivity index (χ2n) is 5.64. The summed E-state index contributed by atoms with van der Waals surface area (Å²) in [5.74, 6) is 0. The molecule has 0 aromatic carbocycles. The summed E-state index contributed by atoms with van der Waals surface area (Å²) < 4.78 is 28.4. The molecule has 0 spiro atoms. The lowest BCUT2D eigenvalue weighted by Crippen LogP contribution is -2.56. The van der Waals surface area contributed by atoms with E-state index >= 15 is 0 Å². The van der Waals surface area contributed by atoms with Gasteiger partial charge in [0.15, 0.2) is 0 Å². The van der Waals surface area contributed by atoms with Crippen molar-refractivity contribution < 1.29 is 8.42 Å². The molecular formula is C12H27N3O2S. The highest BCUT2D eigenvalue weighted by Gasteiger charge is 2.39. The molecule has 1 rings (SSSR count). The zero-order chi connectivity index (χ0) is 14.0. The third-order valence-corrected chi connectivity index (χ3v) is 6.47. The molecule has 0 radical (unpaired) electrons. The Morgan fingerprint density at radius 1 is 1.39 bits per heavy atom. The first-order chi connectivity index (χ1) is 8.27. The number of nitrogens with two attached hydrogens (primary N) is 1. The third kappa shape index (κ3) is 3.04. The molecule has 1 atom stereocenters. The van der Waals surface area contributed by atoms with E-state index in [4.69, 9.17) is 5.73 Å². The van der Waals surface area contributed by atoms with Crippen molar-refractivity contribution in [2.24, 2.45) is 5.73 Å². The van der Waals surface area contributed by atoms with Crippen molar-refractivity contribution in [3.05, 3.63) is 0 Å². The van der Waals surface area contributed by atoms with Crippen LogP contribution >= 0.6 is 0 Å². The Morgan fingerprint density at radius 3 is 2.50 bits per heavy atom. The predicted octanol–water partition coefficient (Wildman–Crippen LogP) is 1.16. The van der Waals surface area contributed by atoms with Gasteiger partial charge in [-0.2, -0.15) is 17.0 Å². The molecule has 5 nitrogen and oxygen atoms in total. The minimum atomic E-state index is -3.41. The van der Waals surface area contributed by atoms with Crippen LogP contribution in [0.25, 0.3) is 0 Å². The molecule has 108 valence electrons. The van der Waals surface area contributed by atoms with Crippen molar-refractivity contribution in [3.8, 4) is 0 Å². The van der Waals surface area contributed by atoms with E-state index in [1.807, 2.05) is 20.8 Å². The van der Waals surface area contributed by atoms with Gasteiger partial charge in [-0.05, 0) is 33.1 Å². The normalized spacial score (nSPS) is 23.6. The van der Waals surface area contributed by atoms with E-state index in [2.05, 4.69) is 0 Å². The van der Waals surface area contributed by atoms with E-state index in [1.165, 1.54) is 4.31 Å². The van der Waals surface area contributed by atoms with Gasteiger partial charge in [0.1, 0.15) is 0 Å². The van der Waals surface area contributed by atoms with Crippen molar-refractivity contribution >= 4 is 10.2 Å². The Morgan fingerprint density at radius 2 is 2.00 bits per heavy atom. The van der Waals surface area contributed by atoms with Crippen molar-refractivity contribution in [3.63, 3.8) is 0 Å². The van der Waals surface area contributed by atoms with Gasteiger partial charge in [0.2, 0.25) is 0 Å². The molecular weight excluding hydrogens is 250 g/mol. The van der Waals surface area contributed by atoms with Crippen LogP contribution in [0.5, 0.6) is 0 Å². The fourth-order valence-electron chi connectivity index (χ4n) is 2.21. The van der Waals surface area contributed by atoms with Crippen LogP contribution in [0.2, 0.25) is 0 Å². The van der Waals surface area contributed by atoms with Crippen molar-refractivity contribution in [1.29, 1.82) is 0 Å². The molecule has 6 heteroatoms. The molecule has 0 saturated carbocycles. The van der Waals surface area contributed by atoms with Crippen LogP contribution in [-0.2, 0) is 10.2 Å². The first-order valence-electron chi connectivity index (χ1n) is 6.73. The summed E-state index contributed by atoms with van der Waals surface area (Å²) in [7, 11) is -1.74. The van der Waals surface area contributed by atoms with Gasteiger partial charge in [-0.25, -0.2) is 0 Å². The van der Waals surface area contributed by atoms with Gasteiger partial charge >= 0.3 is 0 Å². The lowest BCUT2D eigenvalue weighted by Gasteiger charge is -2.41. The molecule has 1 fully saturated rings. The van der Waals surface area contributed by atoms with Crippen LogP contribution < -0.4 is 5.73 Å². The van der Waals surface area contributed by atoms with Gasteiger partial charge in [-0.1, -0.05) is 13.3 Å². The molecule has 1 heterocycles. The first-order valence-corrected chi connectivity index (χ1v) is 8.13. The number of hydrogen-bond acceptors (Lipinski definition) is 3. The fraction of sp³-hybridized carbons (Fsp3) is 1.00. The van der Waals surface area contributed by atoms with Gasteiger partial charge in [0.05, 0.1) is 0 Å². The highest BCUT2D eigenvalue weighted by atomic mass is 32.2. The number of nitrogens with zero attached hydrogens (tertiary/aromatic N) is 2. The van der Waals surface area contributed by atoms with Gasteiger partial charge in [-0.3, -0.25) is 0 Å². The Labute approximate surface area is 112 Å². The van der Waals surface area contributed by atoms with Crippen molar-refractivity contribution in [2.75, 3.05) is 20.1 Å². The summed E-state index contributed by atoms with van der Waals surface area (Å²) in [4.78, 5) is 0. The molecule has 0 amide bonds. The Bertz CT molecular complexity index is 368. The molecule has 1 aliphatic rings. The second kappa shape index (κ2) is 5.86. The SMILES string of the molecule is CCC(C)(C)N(C)S(=O)(=O)N1CCCCC1CN. The molecule has 1 saturated heterocycles. The summed E-state index contributed by atoms with van der Waals surface area (Å²) in [5, 5.41) is 0. The van der Waals surface area contributed by atoms with Crippen LogP contribution in [-0.4, -0.2) is 48.7 Å². The van der Waals surface area contributed by atoms with E-state index in [-0.39, 0.29) is 11.6 Å². The van der Waals surface area contributed by atoms with Gasteiger partial charge < -0.3 is 5.73 Å². The van der Waals surface area contributed by atoms with Crippen LogP contribution in [0.15, 0.2) is 0 Å². The van der Waals surface area contributed by atoms with Gasteiger partial charge in [0, 0.05) is 31.7 Å². The number of rotatable bonds is 5. The third-order valence-electron chi connectivity index (χ3n) is 4.21. The highest BCUT2D eigenvalue weighted by Crippen LogP contribution is 2.27. The van der Waals surface area contributed by atoms with Crippen LogP contribution in [0.1, 0.15) is 46.5 Å². The minimum Gasteiger partial charge on any atom is -0.329 e. The Hall–Kier alpha value is -0.170. The number of hydrogen-bond donors (Lipinski definition) is 1. The summed E-state index contributed by atoms with van der Waals surface area (Å²) >= 11 is 0. The van der Waals surface area contributed by atoms with Gasteiger partial charge in [0.25, 0.3) is 10.2 Å². The van der Waals surface area contributed by atoms with Crippen molar-refractivity contribution in [2.45, 2.75) is 58.0 Å². The first kappa shape index (κ1) is 15.9. The zero-order valence-electron chi connectivity index (χ0n) is 12.0. The van der Waals surface area contributed by atoms with E-state index in [0.717, 1.165) is 25.7 Å². The highest BCUT2D eigenvalue weighted by molar-refractivity contribution is 7.86. The van der Waals surface area contributed by atoms with E-state index < -0.39 is 10.2 Å². The second-order valence-corrected chi connectivity index (χ2v) is 7.55. The average Bonchev–Trinajstić information content (AvgIpc) is 2.37. The lowest BCUT2D eigenvalue weighted by molar-refractivity contribution is 0.200. The van der Waals surface area contributed by atoms with E-state index in [0.29, 0.717) is 13.1 Å². The fourth-order valence-corrected chi connectivity index (χ4v) is 4.20. The van der Waals surface area contributed by atoms with E-state index in [1.54, 1.807) is 11.4 Å². The summed E-state index contributed by atoms with van der Waals surface area (Å²) in [6.07, 6.45) is 3.64. The molecule has 18 heavy (non-hydrogen) atoms. The van der Waals surface area contributed by atoms with Gasteiger partial charge in [-0.15, -0.1) is 0 Å². The quantitative estimate of drug-likeness (QED) is 0.820. The maximum Gasteiger partial charge on any atom is 0.282 e. The minimum absolute atomic E-state index is 0.0427. The van der Waals surface area contributed by atoms with Crippen LogP contribution in [0.4, 0.5) is 0 Å². The van der Waals surface area contributed by atoms with E-state index in [9.17, 15) is 8.42 Å². The smallest absolute Gasteiger partial charge is 0.282 e. The van der Waals surface area contributed by atoms with Crippen molar-refractivity contribution in [1.82, 2.24) is 8.61 Å². The largest absolute Gasteiger partial charge is 0.329 e. The molecule has 1 aliphatic heterocycles. The monoisotopic (exact) mass is 277 g/mol. The van der Waals surface area contributed by atoms with Crippen LogP contribution in [0, 0.1) is 0 Å². The molecule has 0 aromatic heterocycles. The zero-order valence-corrected chi connectivity index (χ0v) is 12.8. The molecule has 2 N–H and O–H groups in total. The lowest BCUT2D eigenvalue weighted by atomic mass is 10.0. The molecule has 0 bridgehead atoms. The summed E-state index contributed by atoms with van der Waals surface area (Å²) in [5.41, 5.74) is 5.34. The Balaban J connectivity index is 2.97. The number of piperidine rings is 1. The Kier molecular flexibility index (Phi) is 5.17. The molecule has 0 aromatic rings. The predicted molar refractivity (Wildman–Crippen MR) is 74.5 cm³/mol. The average molecular weight is 277 g/mol.